The molecule has 3 rings (SSSR count). The van der Waals surface area contributed by atoms with Gasteiger partial charge in [0.1, 0.15) is 12.2 Å². The largest absolute Gasteiger partial charge is 0.464 e. The summed E-state index contributed by atoms with van der Waals surface area (Å²) in [6, 6.07) is 14.6. The quantitative estimate of drug-likeness (QED) is 0.564. The summed E-state index contributed by atoms with van der Waals surface area (Å²) in [6.45, 7) is 2.31. The number of ether oxygens (including phenoxy) is 1. The van der Waals surface area contributed by atoms with Crippen LogP contribution in [0, 0.1) is 0 Å². The molecule has 0 aliphatic rings. The van der Waals surface area contributed by atoms with Crippen molar-refractivity contribution >= 4 is 29.2 Å². The highest BCUT2D eigenvalue weighted by Crippen LogP contribution is 2.31. The number of esters is 1. The van der Waals surface area contributed by atoms with Gasteiger partial charge < -0.3 is 4.74 Å². The molecule has 0 fully saturated rings. The van der Waals surface area contributed by atoms with Gasteiger partial charge >= 0.3 is 5.97 Å². The summed E-state index contributed by atoms with van der Waals surface area (Å²) >= 11 is 12.0. The molecule has 5 nitrogen and oxygen atoms in total. The van der Waals surface area contributed by atoms with E-state index in [1.165, 1.54) is 0 Å². The van der Waals surface area contributed by atoms with Crippen LogP contribution in [0.2, 0.25) is 10.0 Å². The molecular weight excluding hydrogens is 373 g/mol. The monoisotopic (exact) mass is 389 g/mol. The van der Waals surface area contributed by atoms with Crippen LogP contribution in [0.5, 0.6) is 0 Å². The second kappa shape index (κ2) is 8.34. The van der Waals surface area contributed by atoms with Crippen molar-refractivity contribution in [3.63, 3.8) is 0 Å². The van der Waals surface area contributed by atoms with Gasteiger partial charge in [-0.3, -0.25) is 4.79 Å². The average molecular weight is 390 g/mol. The predicted octanol–water partition coefficient (Wildman–Crippen LogP) is 4.87. The van der Waals surface area contributed by atoms with E-state index >= 15 is 0 Å². The molecule has 0 amide bonds. The third-order valence-corrected chi connectivity index (χ3v) is 4.22. The molecule has 0 saturated carbocycles. The lowest BCUT2D eigenvalue weighted by atomic mass is 10.0. The zero-order chi connectivity index (χ0) is 18.5. The Morgan fingerprint density at radius 1 is 1.00 bits per heavy atom. The molecule has 7 heteroatoms. The number of benzene rings is 2. The van der Waals surface area contributed by atoms with Crippen molar-refractivity contribution in [1.29, 1.82) is 0 Å². The van der Waals surface area contributed by atoms with Crippen molar-refractivity contribution in [2.45, 2.75) is 19.9 Å². The molecule has 0 bridgehead atoms. The Morgan fingerprint density at radius 3 is 2.15 bits per heavy atom. The zero-order valence-electron chi connectivity index (χ0n) is 14.2. The standard InChI is InChI=1S/C19H17Cl2N3O2/c1-2-11-26-17(25)12-24-19(14-5-9-16(21)10-6-14)18(22-23-24)13-3-7-15(20)8-4-13/h3-10H,2,11-12H2,1H3. The minimum absolute atomic E-state index is 0.0153. The van der Waals surface area contributed by atoms with Crippen LogP contribution in [0.3, 0.4) is 0 Å². The summed E-state index contributed by atoms with van der Waals surface area (Å²) in [5, 5.41) is 9.70. The predicted molar refractivity (Wildman–Crippen MR) is 102 cm³/mol. The Balaban J connectivity index is 2.03. The lowest BCUT2D eigenvalue weighted by Crippen LogP contribution is -2.16. The van der Waals surface area contributed by atoms with Gasteiger partial charge in [-0.15, -0.1) is 5.10 Å². The summed E-state index contributed by atoms with van der Waals surface area (Å²) in [5.41, 5.74) is 3.09. The number of halogens is 2. The van der Waals surface area contributed by atoms with E-state index in [1.807, 2.05) is 31.2 Å². The lowest BCUT2D eigenvalue weighted by Gasteiger charge is -2.09. The highest BCUT2D eigenvalue weighted by atomic mass is 35.5. The summed E-state index contributed by atoms with van der Waals surface area (Å²) in [5.74, 6) is -0.352. The molecule has 0 atom stereocenters. The van der Waals surface area contributed by atoms with Crippen LogP contribution in [0.15, 0.2) is 48.5 Å². The number of carbonyl (C=O) groups is 1. The van der Waals surface area contributed by atoms with E-state index in [4.69, 9.17) is 27.9 Å². The molecule has 3 aromatic rings. The fourth-order valence-corrected chi connectivity index (χ4v) is 2.76. The topological polar surface area (TPSA) is 57.0 Å². The molecule has 26 heavy (non-hydrogen) atoms. The fraction of sp³-hybridized carbons (Fsp3) is 0.211. The number of hydrogen-bond donors (Lipinski definition) is 0. The Labute approximate surface area is 161 Å². The first kappa shape index (κ1) is 18.4. The van der Waals surface area contributed by atoms with Crippen LogP contribution in [-0.4, -0.2) is 27.6 Å². The van der Waals surface area contributed by atoms with E-state index in [-0.39, 0.29) is 12.5 Å². The molecule has 0 radical (unpaired) electrons. The number of aromatic nitrogens is 3. The first-order chi connectivity index (χ1) is 12.6. The third-order valence-electron chi connectivity index (χ3n) is 3.72. The van der Waals surface area contributed by atoms with E-state index in [0.29, 0.717) is 22.3 Å². The molecule has 134 valence electrons. The molecule has 1 heterocycles. The summed E-state index contributed by atoms with van der Waals surface area (Å²) in [6.07, 6.45) is 0.767. The zero-order valence-corrected chi connectivity index (χ0v) is 15.7. The van der Waals surface area contributed by atoms with Crippen molar-refractivity contribution in [3.8, 4) is 22.5 Å². The van der Waals surface area contributed by atoms with Crippen LogP contribution in [0.4, 0.5) is 0 Å². The molecular formula is C19H17Cl2N3O2. The SMILES string of the molecule is CCCOC(=O)Cn1nnc(-c2ccc(Cl)cc2)c1-c1ccc(Cl)cc1. The van der Waals surface area contributed by atoms with E-state index in [9.17, 15) is 4.79 Å². The number of rotatable bonds is 6. The minimum atomic E-state index is -0.352. The van der Waals surface area contributed by atoms with Crippen LogP contribution in [-0.2, 0) is 16.1 Å². The van der Waals surface area contributed by atoms with Gasteiger partial charge in [0, 0.05) is 21.2 Å². The number of hydrogen-bond acceptors (Lipinski definition) is 4. The van der Waals surface area contributed by atoms with E-state index in [1.54, 1.807) is 28.9 Å². The molecule has 0 aliphatic carbocycles. The van der Waals surface area contributed by atoms with Crippen molar-refractivity contribution in [1.82, 2.24) is 15.0 Å². The molecule has 1 aromatic heterocycles. The maximum Gasteiger partial charge on any atom is 0.327 e. The minimum Gasteiger partial charge on any atom is -0.464 e. The van der Waals surface area contributed by atoms with Crippen molar-refractivity contribution in [2.24, 2.45) is 0 Å². The maximum atomic E-state index is 12.1. The Hall–Kier alpha value is -2.37. The lowest BCUT2D eigenvalue weighted by molar-refractivity contribution is -0.144. The van der Waals surface area contributed by atoms with Crippen molar-refractivity contribution in [3.05, 3.63) is 58.6 Å². The first-order valence-electron chi connectivity index (χ1n) is 8.19. The molecule has 0 N–H and O–H groups in total. The van der Waals surface area contributed by atoms with Gasteiger partial charge in [0.2, 0.25) is 0 Å². The Morgan fingerprint density at radius 2 is 1.58 bits per heavy atom. The molecule has 0 spiro atoms. The smallest absolute Gasteiger partial charge is 0.327 e. The Kier molecular flexibility index (Phi) is 5.91. The summed E-state index contributed by atoms with van der Waals surface area (Å²) in [7, 11) is 0. The summed E-state index contributed by atoms with van der Waals surface area (Å²) < 4.78 is 6.72. The van der Waals surface area contributed by atoms with Crippen LogP contribution >= 0.6 is 23.2 Å². The first-order valence-corrected chi connectivity index (χ1v) is 8.95. The average Bonchev–Trinajstić information content (AvgIpc) is 3.04. The molecule has 0 aliphatic heterocycles. The van der Waals surface area contributed by atoms with Gasteiger partial charge in [0.25, 0.3) is 0 Å². The van der Waals surface area contributed by atoms with Gasteiger partial charge in [-0.05, 0) is 30.7 Å². The van der Waals surface area contributed by atoms with E-state index in [0.717, 1.165) is 23.2 Å². The molecule has 0 saturated heterocycles. The summed E-state index contributed by atoms with van der Waals surface area (Å²) in [4.78, 5) is 12.1. The normalized spacial score (nSPS) is 10.7. The highest BCUT2D eigenvalue weighted by Gasteiger charge is 2.19. The van der Waals surface area contributed by atoms with E-state index in [2.05, 4.69) is 10.3 Å². The van der Waals surface area contributed by atoms with Crippen molar-refractivity contribution in [2.75, 3.05) is 6.61 Å². The number of carbonyl (C=O) groups excluding carboxylic acids is 1. The van der Waals surface area contributed by atoms with Gasteiger partial charge in [-0.25, -0.2) is 4.68 Å². The van der Waals surface area contributed by atoms with Crippen molar-refractivity contribution < 1.29 is 9.53 Å². The molecule has 2 aromatic carbocycles. The Bertz CT molecular complexity index is 890. The van der Waals surface area contributed by atoms with Crippen LogP contribution in [0.25, 0.3) is 22.5 Å². The second-order valence-corrected chi connectivity index (χ2v) is 6.55. The highest BCUT2D eigenvalue weighted by molar-refractivity contribution is 6.31. The van der Waals surface area contributed by atoms with Gasteiger partial charge in [0.15, 0.2) is 0 Å². The van der Waals surface area contributed by atoms with E-state index < -0.39 is 0 Å². The van der Waals surface area contributed by atoms with Crippen LogP contribution < -0.4 is 0 Å². The number of nitrogens with zero attached hydrogens (tertiary/aromatic N) is 3. The maximum absolute atomic E-state index is 12.1. The van der Waals surface area contributed by atoms with Gasteiger partial charge in [-0.2, -0.15) is 0 Å². The molecule has 0 unspecified atom stereocenters. The van der Waals surface area contributed by atoms with Gasteiger partial charge in [0.05, 0.1) is 12.3 Å². The van der Waals surface area contributed by atoms with Gasteiger partial charge in [-0.1, -0.05) is 59.6 Å². The van der Waals surface area contributed by atoms with Crippen LogP contribution in [0.1, 0.15) is 13.3 Å². The second-order valence-electron chi connectivity index (χ2n) is 5.68. The third kappa shape index (κ3) is 4.23. The fourth-order valence-electron chi connectivity index (χ4n) is 2.50.